The van der Waals surface area contributed by atoms with Crippen molar-refractivity contribution in [2.75, 3.05) is 11.1 Å². The Morgan fingerprint density at radius 1 is 1.28 bits per heavy atom. The Morgan fingerprint density at radius 2 is 1.94 bits per heavy atom. The van der Waals surface area contributed by atoms with Gasteiger partial charge in [0.25, 0.3) is 5.91 Å². The van der Waals surface area contributed by atoms with Crippen LogP contribution in [0.1, 0.15) is 35.1 Å². The van der Waals surface area contributed by atoms with Gasteiger partial charge in [0.05, 0.1) is 0 Å². The van der Waals surface area contributed by atoms with Gasteiger partial charge in [-0.3, -0.25) is 10.1 Å². The maximum atomic E-state index is 11.9. The zero-order valence-electron chi connectivity index (χ0n) is 10.2. The van der Waals surface area contributed by atoms with Crippen LogP contribution >= 0.6 is 11.3 Å². The Labute approximate surface area is 109 Å². The van der Waals surface area contributed by atoms with Gasteiger partial charge in [0.1, 0.15) is 5.01 Å². The molecule has 5 nitrogen and oxygen atoms in total. The van der Waals surface area contributed by atoms with E-state index in [2.05, 4.69) is 15.5 Å². The number of aromatic nitrogens is 2. The summed E-state index contributed by atoms with van der Waals surface area (Å²) in [5.74, 6) is 0.103. The Balaban J connectivity index is 2.08. The second-order valence-electron chi connectivity index (χ2n) is 4.18. The molecule has 2 rings (SSSR count). The molecule has 0 fully saturated rings. The van der Waals surface area contributed by atoms with Crippen LogP contribution in [0.5, 0.6) is 0 Å². The van der Waals surface area contributed by atoms with Crippen LogP contribution in [0.2, 0.25) is 0 Å². The van der Waals surface area contributed by atoms with Gasteiger partial charge in [0.2, 0.25) is 5.13 Å². The lowest BCUT2D eigenvalue weighted by molar-refractivity contribution is 0.102. The molecule has 0 aliphatic carbocycles. The van der Waals surface area contributed by atoms with Crippen LogP contribution in [-0.2, 0) is 0 Å². The van der Waals surface area contributed by atoms with E-state index in [1.807, 2.05) is 13.8 Å². The standard InChI is InChI=1S/C12H14N4OS/c1-7(2)11-15-16-12(18-11)14-10(17)8-3-5-9(13)6-4-8/h3-7H,13H2,1-2H3,(H,14,16,17). The van der Waals surface area contributed by atoms with E-state index in [0.29, 0.717) is 22.3 Å². The maximum absolute atomic E-state index is 11.9. The molecule has 0 radical (unpaired) electrons. The highest BCUT2D eigenvalue weighted by molar-refractivity contribution is 7.15. The van der Waals surface area contributed by atoms with Crippen LogP contribution in [0.25, 0.3) is 0 Å². The average Bonchev–Trinajstić information content (AvgIpc) is 2.78. The van der Waals surface area contributed by atoms with E-state index >= 15 is 0 Å². The lowest BCUT2D eigenvalue weighted by atomic mass is 10.2. The first-order valence-electron chi connectivity index (χ1n) is 5.56. The van der Waals surface area contributed by atoms with Crippen LogP contribution in [-0.4, -0.2) is 16.1 Å². The van der Waals surface area contributed by atoms with Crippen LogP contribution in [0.15, 0.2) is 24.3 Å². The van der Waals surface area contributed by atoms with Crippen LogP contribution < -0.4 is 11.1 Å². The Hall–Kier alpha value is -1.95. The normalized spacial score (nSPS) is 10.6. The van der Waals surface area contributed by atoms with Crippen molar-refractivity contribution >= 4 is 28.1 Å². The molecule has 1 aromatic carbocycles. The molecule has 0 saturated carbocycles. The third-order valence-electron chi connectivity index (χ3n) is 2.33. The number of nitrogens with one attached hydrogen (secondary N) is 1. The number of rotatable bonds is 3. The van der Waals surface area contributed by atoms with Crippen molar-refractivity contribution in [1.29, 1.82) is 0 Å². The fourth-order valence-electron chi connectivity index (χ4n) is 1.32. The van der Waals surface area contributed by atoms with Crippen molar-refractivity contribution in [3.8, 4) is 0 Å². The summed E-state index contributed by atoms with van der Waals surface area (Å²) in [5, 5.41) is 12.1. The molecule has 1 amide bonds. The topological polar surface area (TPSA) is 80.9 Å². The van der Waals surface area contributed by atoms with Crippen LogP contribution in [0.4, 0.5) is 10.8 Å². The second-order valence-corrected chi connectivity index (χ2v) is 5.19. The third kappa shape index (κ3) is 2.84. The first-order valence-corrected chi connectivity index (χ1v) is 6.38. The molecule has 3 N–H and O–H groups in total. The second kappa shape index (κ2) is 5.14. The van der Waals surface area contributed by atoms with E-state index in [1.54, 1.807) is 24.3 Å². The largest absolute Gasteiger partial charge is 0.399 e. The van der Waals surface area contributed by atoms with Crippen molar-refractivity contribution in [1.82, 2.24) is 10.2 Å². The molecule has 0 bridgehead atoms. The van der Waals surface area contributed by atoms with E-state index in [0.717, 1.165) is 5.01 Å². The number of benzene rings is 1. The van der Waals surface area contributed by atoms with Gasteiger partial charge in [-0.15, -0.1) is 10.2 Å². The molecule has 1 aromatic heterocycles. The number of hydrogen-bond donors (Lipinski definition) is 2. The van der Waals surface area contributed by atoms with Gasteiger partial charge in [0.15, 0.2) is 0 Å². The van der Waals surface area contributed by atoms with E-state index < -0.39 is 0 Å². The predicted octanol–water partition coefficient (Wildman–Crippen LogP) is 2.50. The number of anilines is 2. The smallest absolute Gasteiger partial charge is 0.257 e. The summed E-state index contributed by atoms with van der Waals surface area (Å²) in [7, 11) is 0. The SMILES string of the molecule is CC(C)c1nnc(NC(=O)c2ccc(N)cc2)s1. The minimum absolute atomic E-state index is 0.207. The number of nitrogen functional groups attached to an aromatic ring is 1. The zero-order chi connectivity index (χ0) is 13.1. The van der Waals surface area contributed by atoms with Gasteiger partial charge in [0, 0.05) is 17.2 Å². The first-order chi connectivity index (χ1) is 8.56. The average molecular weight is 262 g/mol. The fourth-order valence-corrected chi connectivity index (χ4v) is 2.06. The quantitative estimate of drug-likeness (QED) is 0.833. The molecule has 0 aliphatic rings. The number of carbonyl (C=O) groups is 1. The van der Waals surface area contributed by atoms with Gasteiger partial charge >= 0.3 is 0 Å². The molecule has 0 atom stereocenters. The summed E-state index contributed by atoms with van der Waals surface area (Å²) in [6, 6.07) is 6.73. The first kappa shape index (κ1) is 12.5. The van der Waals surface area contributed by atoms with E-state index in [-0.39, 0.29) is 5.91 Å². The maximum Gasteiger partial charge on any atom is 0.257 e. The number of hydrogen-bond acceptors (Lipinski definition) is 5. The molecular formula is C12H14N4OS. The monoisotopic (exact) mass is 262 g/mol. The van der Waals surface area contributed by atoms with Gasteiger partial charge in [-0.2, -0.15) is 0 Å². The molecule has 0 saturated heterocycles. The highest BCUT2D eigenvalue weighted by Crippen LogP contribution is 2.22. The minimum atomic E-state index is -0.207. The zero-order valence-corrected chi connectivity index (χ0v) is 11.0. The van der Waals surface area contributed by atoms with E-state index in [1.165, 1.54) is 11.3 Å². The summed E-state index contributed by atoms with van der Waals surface area (Å²) < 4.78 is 0. The van der Waals surface area contributed by atoms with E-state index in [4.69, 9.17) is 5.73 Å². The molecule has 0 aliphatic heterocycles. The van der Waals surface area contributed by atoms with Crippen LogP contribution in [0.3, 0.4) is 0 Å². The highest BCUT2D eigenvalue weighted by atomic mass is 32.1. The van der Waals surface area contributed by atoms with Gasteiger partial charge in [-0.05, 0) is 24.3 Å². The fraction of sp³-hybridized carbons (Fsp3) is 0.250. The van der Waals surface area contributed by atoms with Gasteiger partial charge < -0.3 is 5.73 Å². The lowest BCUT2D eigenvalue weighted by Crippen LogP contribution is -2.11. The van der Waals surface area contributed by atoms with Crippen molar-refractivity contribution < 1.29 is 4.79 Å². The molecule has 94 valence electrons. The number of nitrogens with two attached hydrogens (primary N) is 1. The summed E-state index contributed by atoms with van der Waals surface area (Å²) >= 11 is 1.39. The summed E-state index contributed by atoms with van der Waals surface area (Å²) in [4.78, 5) is 11.9. The van der Waals surface area contributed by atoms with E-state index in [9.17, 15) is 4.79 Å². The molecule has 0 spiro atoms. The van der Waals surface area contributed by atoms with Crippen molar-refractivity contribution in [2.24, 2.45) is 0 Å². The van der Waals surface area contributed by atoms with Crippen molar-refractivity contribution in [2.45, 2.75) is 19.8 Å². The molecule has 6 heteroatoms. The highest BCUT2D eigenvalue weighted by Gasteiger charge is 2.11. The van der Waals surface area contributed by atoms with Gasteiger partial charge in [-0.25, -0.2) is 0 Å². The Bertz CT molecular complexity index is 547. The summed E-state index contributed by atoms with van der Waals surface area (Å²) in [6.07, 6.45) is 0. The minimum Gasteiger partial charge on any atom is -0.399 e. The summed E-state index contributed by atoms with van der Waals surface area (Å²) in [5.41, 5.74) is 6.74. The summed E-state index contributed by atoms with van der Waals surface area (Å²) in [6.45, 7) is 4.07. The molecule has 0 unspecified atom stereocenters. The van der Waals surface area contributed by atoms with Crippen molar-refractivity contribution in [3.05, 3.63) is 34.8 Å². The number of carbonyl (C=O) groups excluding carboxylic acids is 1. The molecule has 2 aromatic rings. The third-order valence-corrected chi connectivity index (χ3v) is 3.47. The molecule has 18 heavy (non-hydrogen) atoms. The molecular weight excluding hydrogens is 248 g/mol. The molecule has 1 heterocycles. The predicted molar refractivity (Wildman–Crippen MR) is 72.8 cm³/mol. The number of nitrogens with zero attached hydrogens (tertiary/aromatic N) is 2. The lowest BCUT2D eigenvalue weighted by Gasteiger charge is -2.01. The Kier molecular flexibility index (Phi) is 3.57. The number of amides is 1. The van der Waals surface area contributed by atoms with Crippen LogP contribution in [0, 0.1) is 0 Å². The van der Waals surface area contributed by atoms with Gasteiger partial charge in [-0.1, -0.05) is 25.2 Å². The Morgan fingerprint density at radius 3 is 2.50 bits per heavy atom. The van der Waals surface area contributed by atoms with Crippen molar-refractivity contribution in [3.63, 3.8) is 0 Å².